The molecule has 0 fully saturated rings. The molecule has 0 radical (unpaired) electrons. The zero-order valence-corrected chi connectivity index (χ0v) is 10.8. The van der Waals surface area contributed by atoms with Crippen LogP contribution in [-0.4, -0.2) is 53.5 Å². The fourth-order valence-corrected chi connectivity index (χ4v) is 1.46. The number of carbonyl (C=O) groups excluding carboxylic acids is 1. The maximum atomic E-state index is 11.6. The van der Waals surface area contributed by atoms with Gasteiger partial charge in [0.15, 0.2) is 0 Å². The average molecular weight is 266 g/mol. The van der Waals surface area contributed by atoms with Crippen molar-refractivity contribution >= 4 is 11.9 Å². The standard InChI is InChI=1S/C12H18N4O3/c1-16(5-3-13)11(17)8-14-7-10-6-9(12(18)19)2-4-15-10/h2,4,6,14H,3,5,7-8,13H2,1H3,(H,18,19). The number of pyridine rings is 1. The van der Waals surface area contributed by atoms with Crippen LogP contribution in [0.4, 0.5) is 0 Å². The highest BCUT2D eigenvalue weighted by Gasteiger charge is 2.08. The normalized spacial score (nSPS) is 10.2. The van der Waals surface area contributed by atoms with Crippen molar-refractivity contribution in [3.63, 3.8) is 0 Å². The van der Waals surface area contributed by atoms with E-state index in [2.05, 4.69) is 10.3 Å². The number of likely N-dealkylation sites (N-methyl/N-ethyl adjacent to an activating group) is 1. The molecule has 7 nitrogen and oxygen atoms in total. The highest BCUT2D eigenvalue weighted by molar-refractivity contribution is 5.87. The largest absolute Gasteiger partial charge is 0.478 e. The van der Waals surface area contributed by atoms with Gasteiger partial charge >= 0.3 is 5.97 Å². The van der Waals surface area contributed by atoms with Crippen LogP contribution in [0.1, 0.15) is 16.1 Å². The molecule has 7 heteroatoms. The second-order valence-electron chi connectivity index (χ2n) is 4.05. The average Bonchev–Trinajstić information content (AvgIpc) is 2.39. The number of amides is 1. The molecule has 104 valence electrons. The first-order valence-electron chi connectivity index (χ1n) is 5.87. The van der Waals surface area contributed by atoms with Crippen molar-refractivity contribution in [2.75, 3.05) is 26.7 Å². The second kappa shape index (κ2) is 7.45. The summed E-state index contributed by atoms with van der Waals surface area (Å²) in [6.45, 7) is 1.43. The monoisotopic (exact) mass is 266 g/mol. The van der Waals surface area contributed by atoms with Crippen LogP contribution in [0.5, 0.6) is 0 Å². The van der Waals surface area contributed by atoms with E-state index < -0.39 is 5.97 Å². The van der Waals surface area contributed by atoms with Gasteiger partial charge in [0.1, 0.15) is 0 Å². The SMILES string of the molecule is CN(CCN)C(=O)CNCc1cc(C(=O)O)ccn1. The summed E-state index contributed by atoms with van der Waals surface area (Å²) in [6, 6.07) is 2.90. The predicted molar refractivity (Wildman–Crippen MR) is 69.6 cm³/mol. The first-order valence-corrected chi connectivity index (χ1v) is 5.87. The lowest BCUT2D eigenvalue weighted by Gasteiger charge is -2.16. The summed E-state index contributed by atoms with van der Waals surface area (Å²) in [6.07, 6.45) is 1.43. The van der Waals surface area contributed by atoms with E-state index in [0.29, 0.717) is 25.3 Å². The van der Waals surface area contributed by atoms with Gasteiger partial charge in [0, 0.05) is 32.9 Å². The van der Waals surface area contributed by atoms with Crippen LogP contribution in [0.25, 0.3) is 0 Å². The molecule has 0 saturated carbocycles. The Balaban J connectivity index is 2.43. The Hall–Kier alpha value is -1.99. The highest BCUT2D eigenvalue weighted by Crippen LogP contribution is 2.01. The fourth-order valence-electron chi connectivity index (χ4n) is 1.46. The summed E-state index contributed by atoms with van der Waals surface area (Å²) in [7, 11) is 1.68. The lowest BCUT2D eigenvalue weighted by Crippen LogP contribution is -2.38. The maximum Gasteiger partial charge on any atom is 0.335 e. The van der Waals surface area contributed by atoms with E-state index >= 15 is 0 Å². The number of hydrogen-bond acceptors (Lipinski definition) is 5. The van der Waals surface area contributed by atoms with E-state index in [4.69, 9.17) is 10.8 Å². The molecule has 1 amide bonds. The zero-order chi connectivity index (χ0) is 14.3. The number of carboxylic acids is 1. The van der Waals surface area contributed by atoms with Gasteiger partial charge in [-0.05, 0) is 12.1 Å². The molecule has 4 N–H and O–H groups in total. The van der Waals surface area contributed by atoms with Crippen molar-refractivity contribution in [1.29, 1.82) is 0 Å². The summed E-state index contributed by atoms with van der Waals surface area (Å²) in [5.41, 5.74) is 6.11. The lowest BCUT2D eigenvalue weighted by atomic mass is 10.2. The van der Waals surface area contributed by atoms with Crippen molar-refractivity contribution in [3.05, 3.63) is 29.6 Å². The summed E-state index contributed by atoms with van der Waals surface area (Å²) in [5.74, 6) is -1.07. The summed E-state index contributed by atoms with van der Waals surface area (Å²) < 4.78 is 0. The number of hydrogen-bond donors (Lipinski definition) is 3. The molecule has 0 aliphatic rings. The third kappa shape index (κ3) is 5.02. The lowest BCUT2D eigenvalue weighted by molar-refractivity contribution is -0.128. The summed E-state index contributed by atoms with van der Waals surface area (Å²) >= 11 is 0. The van der Waals surface area contributed by atoms with Gasteiger partial charge in [0.05, 0.1) is 17.8 Å². The van der Waals surface area contributed by atoms with E-state index in [1.807, 2.05) is 0 Å². The zero-order valence-electron chi connectivity index (χ0n) is 10.8. The van der Waals surface area contributed by atoms with Gasteiger partial charge in [-0.1, -0.05) is 0 Å². The van der Waals surface area contributed by atoms with Gasteiger partial charge in [-0.2, -0.15) is 0 Å². The molecular weight excluding hydrogens is 248 g/mol. The molecule has 1 aromatic rings. The van der Waals surface area contributed by atoms with Crippen molar-refractivity contribution in [1.82, 2.24) is 15.2 Å². The summed E-state index contributed by atoms with van der Waals surface area (Å²) in [5, 5.41) is 11.8. The molecule has 0 saturated heterocycles. The number of carbonyl (C=O) groups is 2. The first kappa shape index (κ1) is 15.1. The number of nitrogens with one attached hydrogen (secondary N) is 1. The highest BCUT2D eigenvalue weighted by atomic mass is 16.4. The number of rotatable bonds is 7. The van der Waals surface area contributed by atoms with Crippen molar-refractivity contribution < 1.29 is 14.7 Å². The smallest absolute Gasteiger partial charge is 0.335 e. The van der Waals surface area contributed by atoms with E-state index in [1.165, 1.54) is 23.2 Å². The number of aromatic carboxylic acids is 1. The van der Waals surface area contributed by atoms with Crippen LogP contribution in [0.15, 0.2) is 18.3 Å². The van der Waals surface area contributed by atoms with E-state index in [9.17, 15) is 9.59 Å². The van der Waals surface area contributed by atoms with Gasteiger partial charge in [-0.3, -0.25) is 9.78 Å². The Kier molecular flexibility index (Phi) is 5.91. The number of nitrogens with two attached hydrogens (primary N) is 1. The molecule has 19 heavy (non-hydrogen) atoms. The topological polar surface area (TPSA) is 109 Å². The van der Waals surface area contributed by atoms with Crippen LogP contribution in [0.2, 0.25) is 0 Å². The Morgan fingerprint density at radius 2 is 2.26 bits per heavy atom. The third-order valence-electron chi connectivity index (χ3n) is 2.54. The predicted octanol–water partition coefficient (Wildman–Crippen LogP) is -0.713. The van der Waals surface area contributed by atoms with Crippen LogP contribution >= 0.6 is 0 Å². The second-order valence-corrected chi connectivity index (χ2v) is 4.05. The molecule has 0 spiro atoms. The minimum atomic E-state index is -0.998. The quantitative estimate of drug-likeness (QED) is 0.601. The number of nitrogens with zero attached hydrogens (tertiary/aromatic N) is 2. The van der Waals surface area contributed by atoms with Gasteiger partial charge in [0.25, 0.3) is 0 Å². The van der Waals surface area contributed by atoms with Crippen LogP contribution in [0.3, 0.4) is 0 Å². The molecule has 1 aromatic heterocycles. The molecule has 1 rings (SSSR count). The van der Waals surface area contributed by atoms with E-state index in [1.54, 1.807) is 7.05 Å². The molecular formula is C12H18N4O3. The number of carboxylic acid groups (broad SMARTS) is 1. The van der Waals surface area contributed by atoms with E-state index in [-0.39, 0.29) is 18.0 Å². The van der Waals surface area contributed by atoms with Crippen molar-refractivity contribution in [2.24, 2.45) is 5.73 Å². The van der Waals surface area contributed by atoms with Gasteiger partial charge in [-0.15, -0.1) is 0 Å². The maximum absolute atomic E-state index is 11.6. The molecule has 1 heterocycles. The summed E-state index contributed by atoms with van der Waals surface area (Å²) in [4.78, 5) is 27.9. The van der Waals surface area contributed by atoms with Gasteiger partial charge in [0.2, 0.25) is 5.91 Å². The number of aromatic nitrogens is 1. The molecule has 0 unspecified atom stereocenters. The van der Waals surface area contributed by atoms with Crippen molar-refractivity contribution in [3.8, 4) is 0 Å². The molecule has 0 bridgehead atoms. The Labute approximate surface area is 111 Å². The van der Waals surface area contributed by atoms with Crippen LogP contribution in [-0.2, 0) is 11.3 Å². The molecule has 0 aromatic carbocycles. The van der Waals surface area contributed by atoms with Gasteiger partial charge in [-0.25, -0.2) is 4.79 Å². The Bertz CT molecular complexity index is 450. The Morgan fingerprint density at radius 3 is 2.89 bits per heavy atom. The van der Waals surface area contributed by atoms with Crippen LogP contribution < -0.4 is 11.1 Å². The molecule has 0 aliphatic carbocycles. The molecule has 0 atom stereocenters. The van der Waals surface area contributed by atoms with Gasteiger partial charge < -0.3 is 21.1 Å². The Morgan fingerprint density at radius 1 is 1.53 bits per heavy atom. The van der Waals surface area contributed by atoms with Crippen LogP contribution in [0, 0.1) is 0 Å². The molecule has 0 aliphatic heterocycles. The van der Waals surface area contributed by atoms with Crippen molar-refractivity contribution in [2.45, 2.75) is 6.54 Å². The minimum absolute atomic E-state index is 0.0696. The third-order valence-corrected chi connectivity index (χ3v) is 2.54. The fraction of sp³-hybridized carbons (Fsp3) is 0.417. The first-order chi connectivity index (χ1) is 9.04. The minimum Gasteiger partial charge on any atom is -0.478 e. The van der Waals surface area contributed by atoms with E-state index in [0.717, 1.165) is 0 Å².